The Hall–Kier alpha value is -1.99. The van der Waals surface area contributed by atoms with Crippen LogP contribution in [0, 0.1) is 12.7 Å². The predicted octanol–water partition coefficient (Wildman–Crippen LogP) is 5.60. The van der Waals surface area contributed by atoms with Crippen molar-refractivity contribution < 1.29 is 23.8 Å². The minimum atomic E-state index is -0.878. The number of nitrogens with zero attached hydrogens (tertiary/aromatic N) is 1. The molecule has 0 radical (unpaired) electrons. The van der Waals surface area contributed by atoms with Gasteiger partial charge in [0.15, 0.2) is 0 Å². The van der Waals surface area contributed by atoms with Gasteiger partial charge >= 0.3 is 5.97 Å². The molecule has 1 fully saturated rings. The molecule has 1 N–H and O–H groups in total. The summed E-state index contributed by atoms with van der Waals surface area (Å²) in [5, 5.41) is 9.81. The summed E-state index contributed by atoms with van der Waals surface area (Å²) in [7, 11) is 1.68. The number of carboxylic acid groups (broad SMARTS) is 1. The van der Waals surface area contributed by atoms with E-state index in [0.29, 0.717) is 24.6 Å². The van der Waals surface area contributed by atoms with E-state index in [0.717, 1.165) is 48.5 Å². The maximum absolute atomic E-state index is 13.9. The van der Waals surface area contributed by atoms with E-state index < -0.39 is 5.97 Å². The number of hydrogen-bond acceptors (Lipinski definition) is 4. The van der Waals surface area contributed by atoms with E-state index in [2.05, 4.69) is 23.1 Å². The average Bonchev–Trinajstić information content (AvgIpc) is 3.24. The summed E-state index contributed by atoms with van der Waals surface area (Å²) in [5.41, 5.74) is 3.81. The summed E-state index contributed by atoms with van der Waals surface area (Å²) in [6.07, 6.45) is 3.06. The Morgan fingerprint density at radius 1 is 1.29 bits per heavy atom. The molecule has 5 nitrogen and oxygen atoms in total. The van der Waals surface area contributed by atoms with Crippen molar-refractivity contribution >= 4 is 17.6 Å². The second-order valence-corrected chi connectivity index (χ2v) is 9.56. The van der Waals surface area contributed by atoms with Gasteiger partial charge in [-0.15, -0.1) is 0 Å². The third-order valence-electron chi connectivity index (χ3n) is 6.66. The molecule has 0 aromatic heterocycles. The normalized spacial score (nSPS) is 18.2. The molecule has 3 rings (SSSR count). The zero-order valence-corrected chi connectivity index (χ0v) is 21.0. The van der Waals surface area contributed by atoms with Crippen molar-refractivity contribution in [1.82, 2.24) is 4.90 Å². The Balaban J connectivity index is 1.58. The second-order valence-electron chi connectivity index (χ2n) is 9.15. The van der Waals surface area contributed by atoms with Gasteiger partial charge in [0.05, 0.1) is 18.8 Å². The molecule has 7 heteroatoms. The maximum atomic E-state index is 13.9. The van der Waals surface area contributed by atoms with Gasteiger partial charge in [0, 0.05) is 31.1 Å². The van der Waals surface area contributed by atoms with Crippen molar-refractivity contribution in [2.45, 2.75) is 64.2 Å². The van der Waals surface area contributed by atoms with Gasteiger partial charge in [-0.3, -0.25) is 9.69 Å². The van der Waals surface area contributed by atoms with E-state index in [9.17, 15) is 9.18 Å². The summed E-state index contributed by atoms with van der Waals surface area (Å²) in [5.74, 6) is -1.24. The number of halogens is 2. The van der Waals surface area contributed by atoms with Gasteiger partial charge in [0.25, 0.3) is 0 Å². The molecule has 34 heavy (non-hydrogen) atoms. The SMILES string of the molecule is CO[C@@H](CO[C@H](C)c1cc(F)ccc1CCC(=O)O)CN1CCC[C@H]1Cc1ccc(C)c(Cl)c1. The van der Waals surface area contributed by atoms with Crippen LogP contribution < -0.4 is 0 Å². The van der Waals surface area contributed by atoms with Crippen LogP contribution in [0.25, 0.3) is 0 Å². The fourth-order valence-electron chi connectivity index (χ4n) is 4.61. The highest BCUT2D eigenvalue weighted by molar-refractivity contribution is 6.31. The fraction of sp³-hybridized carbons (Fsp3) is 0.519. The summed E-state index contributed by atoms with van der Waals surface area (Å²) in [6, 6.07) is 11.2. The topological polar surface area (TPSA) is 59.0 Å². The zero-order valence-electron chi connectivity index (χ0n) is 20.2. The smallest absolute Gasteiger partial charge is 0.303 e. The molecule has 2 aromatic carbocycles. The third-order valence-corrected chi connectivity index (χ3v) is 7.07. The van der Waals surface area contributed by atoms with E-state index in [1.54, 1.807) is 13.2 Å². The van der Waals surface area contributed by atoms with Crippen LogP contribution in [-0.2, 0) is 27.1 Å². The van der Waals surface area contributed by atoms with Gasteiger partial charge in [-0.25, -0.2) is 4.39 Å². The van der Waals surface area contributed by atoms with Gasteiger partial charge in [0.2, 0.25) is 0 Å². The first kappa shape index (κ1) is 26.6. The van der Waals surface area contributed by atoms with Gasteiger partial charge in [-0.1, -0.05) is 29.8 Å². The summed E-state index contributed by atoms with van der Waals surface area (Å²) < 4.78 is 25.7. The highest BCUT2D eigenvalue weighted by Gasteiger charge is 2.27. The number of carbonyl (C=O) groups is 1. The Bertz CT molecular complexity index is 970. The lowest BCUT2D eigenvalue weighted by Crippen LogP contribution is -2.40. The van der Waals surface area contributed by atoms with E-state index in [1.807, 2.05) is 13.8 Å². The van der Waals surface area contributed by atoms with Crippen LogP contribution in [0.3, 0.4) is 0 Å². The van der Waals surface area contributed by atoms with Crippen molar-refractivity contribution in [2.75, 3.05) is 26.8 Å². The van der Waals surface area contributed by atoms with Crippen LogP contribution in [0.15, 0.2) is 36.4 Å². The van der Waals surface area contributed by atoms with E-state index in [-0.39, 0.29) is 24.4 Å². The first-order valence-electron chi connectivity index (χ1n) is 11.9. The molecule has 1 aliphatic rings. The molecule has 0 aliphatic carbocycles. The molecule has 1 aliphatic heterocycles. The highest BCUT2D eigenvalue weighted by Crippen LogP contribution is 2.26. The van der Waals surface area contributed by atoms with Crippen molar-refractivity contribution in [2.24, 2.45) is 0 Å². The lowest BCUT2D eigenvalue weighted by Gasteiger charge is -2.29. The Morgan fingerprint density at radius 3 is 2.79 bits per heavy atom. The monoisotopic (exact) mass is 491 g/mol. The summed E-state index contributed by atoms with van der Waals surface area (Å²) in [6.45, 7) is 6.01. The molecule has 0 bridgehead atoms. The van der Waals surface area contributed by atoms with E-state index in [4.69, 9.17) is 26.2 Å². The molecule has 2 aromatic rings. The Kier molecular flexibility index (Phi) is 9.89. The standard InChI is InChI=1S/C27H35ClFNO4/c1-18-6-7-20(14-26(18)28)13-23-5-4-12-30(23)16-24(33-3)17-34-19(2)25-15-22(29)10-8-21(25)9-11-27(31)32/h6-8,10,14-15,19,23-24H,4-5,9,11-13,16-17H2,1-3H3,(H,31,32)/t19-,23+,24-/m1/s1. The van der Waals surface area contributed by atoms with E-state index >= 15 is 0 Å². The summed E-state index contributed by atoms with van der Waals surface area (Å²) >= 11 is 6.32. The molecule has 0 spiro atoms. The molecule has 186 valence electrons. The lowest BCUT2D eigenvalue weighted by atomic mass is 9.99. The first-order chi connectivity index (χ1) is 16.3. The number of ether oxygens (including phenoxy) is 2. The quantitative estimate of drug-likeness (QED) is 0.418. The minimum absolute atomic E-state index is 0.00537. The molecule has 1 saturated heterocycles. The summed E-state index contributed by atoms with van der Waals surface area (Å²) in [4.78, 5) is 13.4. The minimum Gasteiger partial charge on any atom is -0.481 e. The highest BCUT2D eigenvalue weighted by atomic mass is 35.5. The molecule has 1 heterocycles. The number of carboxylic acids is 1. The van der Waals surface area contributed by atoms with E-state index in [1.165, 1.54) is 17.7 Å². The largest absolute Gasteiger partial charge is 0.481 e. The number of methoxy groups -OCH3 is 1. The number of benzene rings is 2. The second kappa shape index (κ2) is 12.6. The van der Waals surface area contributed by atoms with Crippen LogP contribution in [0.5, 0.6) is 0 Å². The van der Waals surface area contributed by atoms with Crippen LogP contribution >= 0.6 is 11.6 Å². The predicted molar refractivity (Wildman–Crippen MR) is 132 cm³/mol. The third kappa shape index (κ3) is 7.51. The number of likely N-dealkylation sites (tertiary alicyclic amines) is 1. The molecule has 0 saturated carbocycles. The van der Waals surface area contributed by atoms with Gasteiger partial charge in [-0.05, 0) is 86.5 Å². The fourth-order valence-corrected chi connectivity index (χ4v) is 4.82. The number of rotatable bonds is 12. The van der Waals surface area contributed by atoms with Gasteiger partial charge < -0.3 is 14.6 Å². The lowest BCUT2D eigenvalue weighted by molar-refractivity contribution is -0.136. The van der Waals surface area contributed by atoms with Crippen molar-refractivity contribution in [3.63, 3.8) is 0 Å². The molecular formula is C27H35ClFNO4. The maximum Gasteiger partial charge on any atom is 0.303 e. The number of aliphatic carboxylic acids is 1. The van der Waals surface area contributed by atoms with Crippen LogP contribution in [0.1, 0.15) is 54.5 Å². The molecule has 0 amide bonds. The van der Waals surface area contributed by atoms with Gasteiger partial charge in [0.1, 0.15) is 5.82 Å². The molecule has 3 atom stereocenters. The Morgan fingerprint density at radius 2 is 2.09 bits per heavy atom. The van der Waals surface area contributed by atoms with Crippen molar-refractivity contribution in [1.29, 1.82) is 0 Å². The first-order valence-corrected chi connectivity index (χ1v) is 12.3. The number of aryl methyl sites for hydroxylation is 2. The van der Waals surface area contributed by atoms with Crippen LogP contribution in [-0.4, -0.2) is 54.9 Å². The van der Waals surface area contributed by atoms with Crippen molar-refractivity contribution in [3.05, 3.63) is 69.5 Å². The number of hydrogen-bond donors (Lipinski definition) is 1. The van der Waals surface area contributed by atoms with Crippen LogP contribution in [0.2, 0.25) is 5.02 Å². The van der Waals surface area contributed by atoms with Crippen LogP contribution in [0.4, 0.5) is 4.39 Å². The zero-order chi connectivity index (χ0) is 24.7. The van der Waals surface area contributed by atoms with Gasteiger partial charge in [-0.2, -0.15) is 0 Å². The Labute approximate surface area is 206 Å². The molecular weight excluding hydrogens is 457 g/mol. The van der Waals surface area contributed by atoms with Crippen molar-refractivity contribution in [3.8, 4) is 0 Å². The molecule has 0 unspecified atom stereocenters. The average molecular weight is 492 g/mol.